The van der Waals surface area contributed by atoms with Crippen LogP contribution in [0.1, 0.15) is 70.4 Å². The van der Waals surface area contributed by atoms with Crippen LogP contribution in [0.4, 0.5) is 0 Å². The molecule has 6 rings (SSSR count). The summed E-state index contributed by atoms with van der Waals surface area (Å²) in [5.74, 6) is -0.128. The topological polar surface area (TPSA) is 84.0 Å². The van der Waals surface area contributed by atoms with E-state index in [1.165, 1.54) is 11.1 Å². The number of carbonyl (C=O) groups excluding carboxylic acids is 2. The molecule has 6 heteroatoms. The molecule has 0 radical (unpaired) electrons. The van der Waals surface area contributed by atoms with Crippen LogP contribution in [0.25, 0.3) is 44.3 Å². The lowest BCUT2D eigenvalue weighted by Crippen LogP contribution is -2.25. The monoisotopic (exact) mass is 634 g/mol. The van der Waals surface area contributed by atoms with Gasteiger partial charge in [-0.2, -0.15) is 0 Å². The summed E-state index contributed by atoms with van der Waals surface area (Å²) in [7, 11) is 0. The van der Waals surface area contributed by atoms with Crippen molar-refractivity contribution in [3.05, 3.63) is 131 Å². The number of aromatic nitrogens is 2. The van der Waals surface area contributed by atoms with Crippen molar-refractivity contribution >= 4 is 33.6 Å². The van der Waals surface area contributed by atoms with E-state index in [4.69, 9.17) is 9.97 Å². The molecule has 2 aromatic heterocycles. The van der Waals surface area contributed by atoms with E-state index in [2.05, 4.69) is 48.7 Å². The summed E-state index contributed by atoms with van der Waals surface area (Å²) in [6.45, 7) is 5.39. The predicted molar refractivity (Wildman–Crippen MR) is 196 cm³/mol. The summed E-state index contributed by atoms with van der Waals surface area (Å²) in [5.41, 5.74) is 8.92. The van der Waals surface area contributed by atoms with E-state index in [-0.39, 0.29) is 11.8 Å². The molecule has 242 valence electrons. The van der Waals surface area contributed by atoms with Crippen molar-refractivity contribution in [2.24, 2.45) is 0 Å². The Morgan fingerprint density at radius 2 is 0.875 bits per heavy atom. The van der Waals surface area contributed by atoms with Crippen molar-refractivity contribution in [2.75, 3.05) is 13.1 Å². The Balaban J connectivity index is 0.937. The molecule has 2 heterocycles. The molecule has 6 nitrogen and oxygen atoms in total. The molecule has 0 fully saturated rings. The molecule has 48 heavy (non-hydrogen) atoms. The Morgan fingerprint density at radius 1 is 0.500 bits per heavy atom. The Labute approximate surface area is 282 Å². The second-order valence-electron chi connectivity index (χ2n) is 12.5. The molecule has 0 unspecified atom stereocenters. The number of hydrogen-bond donors (Lipinski definition) is 2. The van der Waals surface area contributed by atoms with Gasteiger partial charge in [-0.25, -0.2) is 9.97 Å². The minimum Gasteiger partial charge on any atom is -0.352 e. The SMILES string of the molecule is Cc1ccc(-c2cc(C(=O)NCCCCCCCCNC(=O)c3cc(-c4ccc(C)cc4)nc4ccccc34)c3ccccc3n2)cc1. The predicted octanol–water partition coefficient (Wildman–Crippen LogP) is 9.23. The van der Waals surface area contributed by atoms with Crippen LogP contribution in [0.2, 0.25) is 0 Å². The van der Waals surface area contributed by atoms with Gasteiger partial charge >= 0.3 is 0 Å². The van der Waals surface area contributed by atoms with Crippen LogP contribution >= 0.6 is 0 Å². The van der Waals surface area contributed by atoms with Crippen LogP contribution in [0, 0.1) is 13.8 Å². The van der Waals surface area contributed by atoms with E-state index >= 15 is 0 Å². The number of nitrogens with one attached hydrogen (secondary N) is 2. The maximum absolute atomic E-state index is 13.3. The highest BCUT2D eigenvalue weighted by molar-refractivity contribution is 6.08. The van der Waals surface area contributed by atoms with Crippen LogP contribution < -0.4 is 10.6 Å². The van der Waals surface area contributed by atoms with Crippen LogP contribution in [0.5, 0.6) is 0 Å². The molecule has 0 spiro atoms. The summed E-state index contributed by atoms with van der Waals surface area (Å²) in [4.78, 5) is 36.2. The van der Waals surface area contributed by atoms with E-state index in [0.717, 1.165) is 82.8 Å². The maximum atomic E-state index is 13.3. The van der Waals surface area contributed by atoms with Crippen molar-refractivity contribution in [1.29, 1.82) is 0 Å². The van der Waals surface area contributed by atoms with Gasteiger partial charge in [0.25, 0.3) is 11.8 Å². The number of aryl methyl sites for hydroxylation is 2. The van der Waals surface area contributed by atoms with Gasteiger partial charge < -0.3 is 10.6 Å². The van der Waals surface area contributed by atoms with Gasteiger partial charge in [-0.1, -0.05) is 122 Å². The van der Waals surface area contributed by atoms with Crippen molar-refractivity contribution in [1.82, 2.24) is 20.6 Å². The Morgan fingerprint density at radius 3 is 1.29 bits per heavy atom. The third-order valence-electron chi connectivity index (χ3n) is 8.79. The molecule has 2 N–H and O–H groups in total. The summed E-state index contributed by atoms with van der Waals surface area (Å²) >= 11 is 0. The van der Waals surface area contributed by atoms with Crippen molar-refractivity contribution in [2.45, 2.75) is 52.4 Å². The molecule has 6 aromatic rings. The maximum Gasteiger partial charge on any atom is 0.252 e. The lowest BCUT2D eigenvalue weighted by molar-refractivity contribution is 0.0946. The first-order chi connectivity index (χ1) is 23.5. The first kappa shape index (κ1) is 32.6. The van der Waals surface area contributed by atoms with E-state index in [1.54, 1.807) is 0 Å². The number of rotatable bonds is 13. The van der Waals surface area contributed by atoms with Crippen molar-refractivity contribution < 1.29 is 9.59 Å². The molecule has 0 saturated carbocycles. The van der Waals surface area contributed by atoms with Gasteiger partial charge in [0.1, 0.15) is 0 Å². The highest BCUT2D eigenvalue weighted by atomic mass is 16.2. The molecule has 0 bridgehead atoms. The van der Waals surface area contributed by atoms with E-state index in [0.29, 0.717) is 24.2 Å². The number of fused-ring (bicyclic) bond motifs is 2. The number of unbranched alkanes of at least 4 members (excludes halogenated alkanes) is 5. The molecule has 4 aromatic carbocycles. The van der Waals surface area contributed by atoms with Gasteiger partial charge in [0.15, 0.2) is 0 Å². The largest absolute Gasteiger partial charge is 0.352 e. The molecular weight excluding hydrogens is 592 g/mol. The average Bonchev–Trinajstić information content (AvgIpc) is 3.11. The fourth-order valence-corrected chi connectivity index (χ4v) is 6.02. The quantitative estimate of drug-likeness (QED) is 0.124. The van der Waals surface area contributed by atoms with Crippen LogP contribution in [0.15, 0.2) is 109 Å². The van der Waals surface area contributed by atoms with E-state index in [9.17, 15) is 9.59 Å². The zero-order valence-electron chi connectivity index (χ0n) is 27.8. The molecule has 0 atom stereocenters. The highest BCUT2D eigenvalue weighted by Crippen LogP contribution is 2.27. The first-order valence-electron chi connectivity index (χ1n) is 17.0. The average molecular weight is 635 g/mol. The summed E-state index contributed by atoms with van der Waals surface area (Å²) in [5, 5.41) is 7.98. The fourth-order valence-electron chi connectivity index (χ4n) is 6.02. The van der Waals surface area contributed by atoms with Gasteiger partial charge in [-0.3, -0.25) is 9.59 Å². The lowest BCUT2D eigenvalue weighted by Gasteiger charge is -2.11. The first-order valence-corrected chi connectivity index (χ1v) is 17.0. The van der Waals surface area contributed by atoms with Crippen molar-refractivity contribution in [3.63, 3.8) is 0 Å². The molecule has 0 aliphatic carbocycles. The Hall–Kier alpha value is -5.36. The Bertz CT molecular complexity index is 1890. The molecule has 2 amide bonds. The second kappa shape index (κ2) is 15.5. The van der Waals surface area contributed by atoms with E-state index < -0.39 is 0 Å². The number of nitrogens with zero attached hydrogens (tertiary/aromatic N) is 2. The minimum absolute atomic E-state index is 0.0642. The van der Waals surface area contributed by atoms with E-state index in [1.807, 2.05) is 84.9 Å². The zero-order valence-corrected chi connectivity index (χ0v) is 27.8. The molecule has 0 saturated heterocycles. The van der Waals surface area contributed by atoms with Gasteiger partial charge in [-0.05, 0) is 51.0 Å². The standard InChI is InChI=1S/C42H42N4O2/c1-29-17-21-31(22-18-29)39-27-35(33-13-7-9-15-37(33)45-39)41(47)43-25-11-5-3-4-6-12-26-44-42(48)36-28-40(32-23-19-30(2)20-24-32)46-38-16-10-8-14-34(36)38/h7-10,13-24,27-28H,3-6,11-12,25-26H2,1-2H3,(H,43,47)(H,44,48). The van der Waals surface area contributed by atoms with Crippen LogP contribution in [0.3, 0.4) is 0 Å². The van der Waals surface area contributed by atoms with Gasteiger partial charge in [0, 0.05) is 35.0 Å². The summed E-state index contributed by atoms with van der Waals surface area (Å²) < 4.78 is 0. The number of benzene rings is 4. The fraction of sp³-hybridized carbons (Fsp3) is 0.238. The number of para-hydroxylation sites is 2. The Kier molecular flexibility index (Phi) is 10.5. The minimum atomic E-state index is -0.0642. The third-order valence-corrected chi connectivity index (χ3v) is 8.79. The summed E-state index contributed by atoms with van der Waals surface area (Å²) in [6, 6.07) is 35.9. The molecular formula is C42H42N4O2. The highest BCUT2D eigenvalue weighted by Gasteiger charge is 2.15. The smallest absolute Gasteiger partial charge is 0.252 e. The third kappa shape index (κ3) is 7.95. The number of amides is 2. The normalized spacial score (nSPS) is 11.1. The summed E-state index contributed by atoms with van der Waals surface area (Å²) in [6.07, 6.45) is 6.12. The number of hydrogen-bond acceptors (Lipinski definition) is 4. The van der Waals surface area contributed by atoms with Gasteiger partial charge in [-0.15, -0.1) is 0 Å². The lowest BCUT2D eigenvalue weighted by atomic mass is 10.0. The van der Waals surface area contributed by atoms with Crippen LogP contribution in [-0.4, -0.2) is 34.9 Å². The van der Waals surface area contributed by atoms with Gasteiger partial charge in [0.05, 0.1) is 33.5 Å². The number of pyridine rings is 2. The molecule has 0 aliphatic rings. The molecule has 0 aliphatic heterocycles. The zero-order chi connectivity index (χ0) is 33.3. The number of carbonyl (C=O) groups is 2. The van der Waals surface area contributed by atoms with Crippen molar-refractivity contribution in [3.8, 4) is 22.5 Å². The van der Waals surface area contributed by atoms with Gasteiger partial charge in [0.2, 0.25) is 0 Å². The second-order valence-corrected chi connectivity index (χ2v) is 12.5. The van der Waals surface area contributed by atoms with Crippen LogP contribution in [-0.2, 0) is 0 Å².